The number of hydrogen-bond acceptors (Lipinski definition) is 3. The lowest BCUT2D eigenvalue weighted by atomic mass is 9.87. The van der Waals surface area contributed by atoms with Gasteiger partial charge >= 0.3 is 6.18 Å². The predicted molar refractivity (Wildman–Crippen MR) is 78.2 cm³/mol. The minimum atomic E-state index is -4.69. The van der Waals surface area contributed by atoms with E-state index >= 15 is 0 Å². The van der Waals surface area contributed by atoms with Crippen LogP contribution < -0.4 is 10.9 Å². The molecule has 2 atom stereocenters. The van der Waals surface area contributed by atoms with E-state index in [4.69, 9.17) is 4.52 Å². The van der Waals surface area contributed by atoms with Gasteiger partial charge < -0.3 is 9.84 Å². The van der Waals surface area contributed by atoms with Crippen LogP contribution in [0, 0.1) is 5.82 Å². The van der Waals surface area contributed by atoms with Crippen LogP contribution in [0.1, 0.15) is 35.6 Å². The van der Waals surface area contributed by atoms with Crippen LogP contribution in [0.5, 0.6) is 0 Å². The Bertz CT molecular complexity index is 766. The molecule has 2 aromatic rings. The lowest BCUT2D eigenvalue weighted by Crippen LogP contribution is -2.38. The first kappa shape index (κ1) is 16.8. The fourth-order valence-electron chi connectivity index (χ4n) is 3.12. The summed E-state index contributed by atoms with van der Waals surface area (Å²) in [5.74, 6) is -0.636. The van der Waals surface area contributed by atoms with Gasteiger partial charge in [0.15, 0.2) is 0 Å². The van der Waals surface area contributed by atoms with E-state index in [9.17, 15) is 22.4 Å². The molecule has 1 aliphatic rings. The lowest BCUT2D eigenvalue weighted by Gasteiger charge is -2.29. The average Bonchev–Trinajstić information content (AvgIpc) is 2.93. The number of piperidine rings is 1. The van der Waals surface area contributed by atoms with Crippen LogP contribution in [0.4, 0.5) is 17.6 Å². The highest BCUT2D eigenvalue weighted by molar-refractivity contribution is 5.27. The molecule has 1 aliphatic heterocycles. The number of rotatable bonds is 3. The van der Waals surface area contributed by atoms with Crippen molar-refractivity contribution in [2.45, 2.75) is 37.4 Å². The Morgan fingerprint density at radius 1 is 1.25 bits per heavy atom. The molecule has 0 spiro atoms. The molecule has 24 heavy (non-hydrogen) atoms. The Morgan fingerprint density at radius 2 is 2.04 bits per heavy atom. The summed E-state index contributed by atoms with van der Waals surface area (Å²) in [7, 11) is 0. The van der Waals surface area contributed by atoms with E-state index in [1.807, 2.05) is 0 Å². The molecule has 1 aromatic heterocycles. The van der Waals surface area contributed by atoms with Crippen molar-refractivity contribution in [1.29, 1.82) is 0 Å². The van der Waals surface area contributed by atoms with Crippen LogP contribution in [0.3, 0.4) is 0 Å². The van der Waals surface area contributed by atoms with Gasteiger partial charge in [-0.1, -0.05) is 6.07 Å². The van der Waals surface area contributed by atoms with Crippen LogP contribution in [0.25, 0.3) is 0 Å². The summed E-state index contributed by atoms with van der Waals surface area (Å²) < 4.78 is 56.5. The van der Waals surface area contributed by atoms with Gasteiger partial charge in [-0.15, -0.1) is 0 Å². The van der Waals surface area contributed by atoms with Crippen LogP contribution in [-0.2, 0) is 12.6 Å². The molecule has 4 nitrogen and oxygen atoms in total. The first-order chi connectivity index (χ1) is 11.3. The number of halogens is 4. The summed E-state index contributed by atoms with van der Waals surface area (Å²) in [5, 5.41) is 5.51. The van der Waals surface area contributed by atoms with E-state index in [-0.39, 0.29) is 17.5 Å². The summed E-state index contributed by atoms with van der Waals surface area (Å²) in [6.07, 6.45) is -2.84. The maximum Gasteiger partial charge on any atom is 0.419 e. The Balaban J connectivity index is 1.69. The van der Waals surface area contributed by atoms with Gasteiger partial charge in [0, 0.05) is 18.0 Å². The molecule has 2 heterocycles. The number of nitrogens with one attached hydrogen (secondary N) is 2. The summed E-state index contributed by atoms with van der Waals surface area (Å²) in [4.78, 5) is 11.2. The van der Waals surface area contributed by atoms with E-state index < -0.39 is 17.6 Å². The fraction of sp³-hybridized carbons (Fsp3) is 0.438. The maximum atomic E-state index is 13.7. The molecule has 8 heteroatoms. The first-order valence-electron chi connectivity index (χ1n) is 7.60. The highest BCUT2D eigenvalue weighted by Crippen LogP contribution is 2.32. The molecule has 0 amide bonds. The largest absolute Gasteiger partial charge is 0.419 e. The molecule has 0 aliphatic carbocycles. The summed E-state index contributed by atoms with van der Waals surface area (Å²) in [5.41, 5.74) is -1.06. The molecular weight excluding hydrogens is 328 g/mol. The molecule has 0 radical (unpaired) electrons. The van der Waals surface area contributed by atoms with Gasteiger partial charge in [-0.25, -0.2) is 4.39 Å². The van der Waals surface area contributed by atoms with Gasteiger partial charge in [-0.05, 0) is 43.5 Å². The number of H-pyrrole nitrogens is 1. The van der Waals surface area contributed by atoms with Crippen LogP contribution in [0.2, 0.25) is 0 Å². The third-order valence-electron chi connectivity index (χ3n) is 4.26. The first-order valence-corrected chi connectivity index (χ1v) is 7.60. The molecular formula is C16H16F4N2O2. The van der Waals surface area contributed by atoms with Crippen LogP contribution in [-0.4, -0.2) is 17.7 Å². The zero-order valence-corrected chi connectivity index (χ0v) is 12.6. The molecule has 0 bridgehead atoms. The molecule has 130 valence electrons. The van der Waals surface area contributed by atoms with Gasteiger partial charge in [0.1, 0.15) is 11.6 Å². The van der Waals surface area contributed by atoms with Gasteiger partial charge in [0.05, 0.1) is 5.56 Å². The predicted octanol–water partition coefficient (Wildman–Crippen LogP) is 3.20. The van der Waals surface area contributed by atoms with Crippen molar-refractivity contribution in [3.8, 4) is 0 Å². The number of aromatic nitrogens is 1. The quantitative estimate of drug-likeness (QED) is 0.841. The Labute approximate surface area is 134 Å². The van der Waals surface area contributed by atoms with Crippen molar-refractivity contribution in [3.63, 3.8) is 0 Å². The maximum absolute atomic E-state index is 13.7. The minimum absolute atomic E-state index is 0.0277. The Kier molecular flexibility index (Phi) is 4.49. The van der Waals surface area contributed by atoms with Crippen LogP contribution >= 0.6 is 0 Å². The standard InChI is InChI=1S/C16H16F4N2O2/c17-13-6-9(1-2-12(13)16(18,19)20)5-11-7-10(3-4-21-11)14-8-15(23)22-24-14/h1-2,6,8,10-11,21H,3-5,7H2,(H,22,23)/t10-,11-/m0/s1. The molecule has 0 unspecified atom stereocenters. The molecule has 1 aromatic carbocycles. The van der Waals surface area contributed by atoms with Crippen molar-refractivity contribution in [2.75, 3.05) is 6.54 Å². The molecule has 1 saturated heterocycles. The number of hydrogen-bond donors (Lipinski definition) is 2. The normalized spacial score (nSPS) is 21.8. The third-order valence-corrected chi connectivity index (χ3v) is 4.26. The topological polar surface area (TPSA) is 58.0 Å². The van der Waals surface area contributed by atoms with E-state index in [0.29, 0.717) is 30.7 Å². The second kappa shape index (κ2) is 6.43. The molecule has 3 rings (SSSR count). The van der Waals surface area contributed by atoms with Crippen molar-refractivity contribution in [2.24, 2.45) is 0 Å². The average molecular weight is 344 g/mol. The summed E-state index contributed by atoms with van der Waals surface area (Å²) >= 11 is 0. The van der Waals surface area contributed by atoms with Crippen molar-refractivity contribution < 1.29 is 22.1 Å². The van der Waals surface area contributed by atoms with Gasteiger partial charge in [0.25, 0.3) is 5.56 Å². The summed E-state index contributed by atoms with van der Waals surface area (Å²) in [6, 6.07) is 4.39. The van der Waals surface area contributed by atoms with E-state index in [1.54, 1.807) is 0 Å². The SMILES string of the molecule is O=c1cc([C@H]2CCN[C@@H](Cc3ccc(C(F)(F)F)c(F)c3)C2)o[nH]1. The van der Waals surface area contributed by atoms with Crippen molar-refractivity contribution in [3.05, 3.63) is 57.3 Å². The lowest BCUT2D eigenvalue weighted by molar-refractivity contribution is -0.140. The van der Waals surface area contributed by atoms with Gasteiger partial charge in [-0.2, -0.15) is 18.3 Å². The van der Waals surface area contributed by atoms with Crippen LogP contribution in [0.15, 0.2) is 33.6 Å². The smallest absolute Gasteiger partial charge is 0.383 e. The molecule has 0 saturated carbocycles. The fourth-order valence-corrected chi connectivity index (χ4v) is 3.12. The highest BCUT2D eigenvalue weighted by atomic mass is 19.4. The number of benzene rings is 1. The summed E-state index contributed by atoms with van der Waals surface area (Å²) in [6.45, 7) is 0.688. The zero-order chi connectivity index (χ0) is 17.3. The monoisotopic (exact) mass is 344 g/mol. The minimum Gasteiger partial charge on any atom is -0.383 e. The molecule has 1 fully saturated rings. The second-order valence-corrected chi connectivity index (χ2v) is 6.00. The van der Waals surface area contributed by atoms with Gasteiger partial charge in [0.2, 0.25) is 0 Å². The second-order valence-electron chi connectivity index (χ2n) is 6.00. The number of alkyl halides is 3. The highest BCUT2D eigenvalue weighted by Gasteiger charge is 2.34. The van der Waals surface area contributed by atoms with Crippen molar-refractivity contribution in [1.82, 2.24) is 10.5 Å². The van der Waals surface area contributed by atoms with E-state index in [2.05, 4.69) is 10.5 Å². The van der Waals surface area contributed by atoms with E-state index in [1.165, 1.54) is 12.1 Å². The van der Waals surface area contributed by atoms with Gasteiger partial charge in [-0.3, -0.25) is 4.79 Å². The Morgan fingerprint density at radius 3 is 2.67 bits per heavy atom. The number of aromatic amines is 1. The Hall–Kier alpha value is -2.09. The van der Waals surface area contributed by atoms with Crippen molar-refractivity contribution >= 4 is 0 Å². The zero-order valence-electron chi connectivity index (χ0n) is 12.6. The van der Waals surface area contributed by atoms with E-state index in [0.717, 1.165) is 18.6 Å². The third kappa shape index (κ3) is 3.69. The molecule has 2 N–H and O–H groups in total.